The molecule has 0 fully saturated rings. The lowest BCUT2D eigenvalue weighted by atomic mass is 10.1. The van der Waals surface area contributed by atoms with Gasteiger partial charge >= 0.3 is 5.97 Å². The van der Waals surface area contributed by atoms with Crippen molar-refractivity contribution in [2.75, 3.05) is 7.11 Å². The standard InChI is InChI=1S/C10H12F2N2O2/c1-5-3-6(9(11)12)8(10(15)16-2)14-7(5)4-13/h3,9H,4,13H2,1-2H3. The topological polar surface area (TPSA) is 65.2 Å². The molecule has 6 heteroatoms. The van der Waals surface area contributed by atoms with E-state index in [-0.39, 0.29) is 12.2 Å². The highest BCUT2D eigenvalue weighted by atomic mass is 19.3. The number of aromatic nitrogens is 1. The summed E-state index contributed by atoms with van der Waals surface area (Å²) in [4.78, 5) is 15.1. The molecule has 0 radical (unpaired) electrons. The second-order valence-electron chi connectivity index (χ2n) is 3.19. The van der Waals surface area contributed by atoms with Gasteiger partial charge in [0.1, 0.15) is 0 Å². The number of ether oxygens (including phenoxy) is 1. The molecule has 0 saturated carbocycles. The molecule has 0 atom stereocenters. The number of hydrogen-bond acceptors (Lipinski definition) is 4. The average Bonchev–Trinajstić information content (AvgIpc) is 2.27. The number of aryl methyl sites for hydroxylation is 1. The summed E-state index contributed by atoms with van der Waals surface area (Å²) in [5.74, 6) is -0.884. The quantitative estimate of drug-likeness (QED) is 0.800. The van der Waals surface area contributed by atoms with Gasteiger partial charge in [-0.3, -0.25) is 0 Å². The summed E-state index contributed by atoms with van der Waals surface area (Å²) in [7, 11) is 1.11. The summed E-state index contributed by atoms with van der Waals surface area (Å²) in [5, 5.41) is 0. The molecule has 88 valence electrons. The fraction of sp³-hybridized carbons (Fsp3) is 0.400. The third-order valence-electron chi connectivity index (χ3n) is 2.15. The average molecular weight is 230 g/mol. The predicted molar refractivity (Wildman–Crippen MR) is 53.2 cm³/mol. The minimum Gasteiger partial charge on any atom is -0.464 e. The number of nitrogens with zero attached hydrogens (tertiary/aromatic N) is 1. The van der Waals surface area contributed by atoms with Crippen molar-refractivity contribution in [3.8, 4) is 0 Å². The van der Waals surface area contributed by atoms with Crippen LogP contribution in [0.25, 0.3) is 0 Å². The molecule has 0 bridgehead atoms. The van der Waals surface area contributed by atoms with Gasteiger partial charge in [0.2, 0.25) is 0 Å². The summed E-state index contributed by atoms with van der Waals surface area (Å²) in [6.45, 7) is 1.70. The van der Waals surface area contributed by atoms with Gasteiger partial charge in [-0.1, -0.05) is 0 Å². The van der Waals surface area contributed by atoms with Crippen molar-refractivity contribution in [2.45, 2.75) is 19.9 Å². The number of halogens is 2. The Hall–Kier alpha value is -1.56. The zero-order chi connectivity index (χ0) is 12.3. The smallest absolute Gasteiger partial charge is 0.357 e. The Labute approximate surface area is 91.4 Å². The number of alkyl halides is 2. The molecule has 1 aromatic rings. The molecular formula is C10H12F2N2O2. The molecule has 0 unspecified atom stereocenters. The summed E-state index contributed by atoms with van der Waals surface area (Å²) in [6, 6.07) is 1.21. The molecule has 0 aliphatic heterocycles. The summed E-state index contributed by atoms with van der Waals surface area (Å²) >= 11 is 0. The van der Waals surface area contributed by atoms with E-state index in [0.717, 1.165) is 7.11 Å². The lowest BCUT2D eigenvalue weighted by Gasteiger charge is -2.10. The van der Waals surface area contributed by atoms with Gasteiger partial charge in [0, 0.05) is 6.54 Å². The zero-order valence-corrected chi connectivity index (χ0v) is 8.96. The number of rotatable bonds is 3. The molecule has 1 aromatic heterocycles. The highest BCUT2D eigenvalue weighted by Crippen LogP contribution is 2.24. The number of esters is 1. The van der Waals surface area contributed by atoms with E-state index in [2.05, 4.69) is 9.72 Å². The Morgan fingerprint density at radius 1 is 1.62 bits per heavy atom. The van der Waals surface area contributed by atoms with Gasteiger partial charge in [0.15, 0.2) is 5.69 Å². The number of methoxy groups -OCH3 is 1. The number of nitrogens with two attached hydrogens (primary N) is 1. The summed E-state index contributed by atoms with van der Waals surface area (Å²) < 4.78 is 29.7. The highest BCUT2D eigenvalue weighted by molar-refractivity contribution is 5.89. The first-order chi connectivity index (χ1) is 7.51. The molecule has 0 aliphatic rings. The second kappa shape index (κ2) is 4.98. The Morgan fingerprint density at radius 3 is 2.69 bits per heavy atom. The molecule has 1 heterocycles. The van der Waals surface area contributed by atoms with Gasteiger partial charge in [0.05, 0.1) is 18.4 Å². The fourth-order valence-corrected chi connectivity index (χ4v) is 1.31. The van der Waals surface area contributed by atoms with Gasteiger partial charge < -0.3 is 10.5 Å². The first-order valence-electron chi connectivity index (χ1n) is 4.58. The first-order valence-corrected chi connectivity index (χ1v) is 4.58. The van der Waals surface area contributed by atoms with Crippen molar-refractivity contribution in [1.29, 1.82) is 0 Å². The van der Waals surface area contributed by atoms with E-state index < -0.39 is 18.0 Å². The van der Waals surface area contributed by atoms with Crippen LogP contribution in [0, 0.1) is 6.92 Å². The Kier molecular flexibility index (Phi) is 3.89. The van der Waals surface area contributed by atoms with Crippen molar-refractivity contribution in [2.24, 2.45) is 5.73 Å². The van der Waals surface area contributed by atoms with Gasteiger partial charge in [-0.05, 0) is 18.6 Å². The van der Waals surface area contributed by atoms with Crippen LogP contribution in [-0.4, -0.2) is 18.1 Å². The van der Waals surface area contributed by atoms with Crippen molar-refractivity contribution < 1.29 is 18.3 Å². The lowest BCUT2D eigenvalue weighted by Crippen LogP contribution is -2.14. The van der Waals surface area contributed by atoms with Crippen LogP contribution in [0.1, 0.15) is 33.7 Å². The fourth-order valence-electron chi connectivity index (χ4n) is 1.31. The molecule has 0 saturated heterocycles. The Balaban J connectivity index is 3.36. The summed E-state index contributed by atoms with van der Waals surface area (Å²) in [6.07, 6.45) is -2.77. The van der Waals surface area contributed by atoms with E-state index >= 15 is 0 Å². The van der Waals surface area contributed by atoms with Crippen molar-refractivity contribution >= 4 is 5.97 Å². The molecule has 0 aromatic carbocycles. The molecule has 4 nitrogen and oxygen atoms in total. The van der Waals surface area contributed by atoms with Crippen LogP contribution in [0.3, 0.4) is 0 Å². The maximum Gasteiger partial charge on any atom is 0.357 e. The molecule has 0 aliphatic carbocycles. The largest absolute Gasteiger partial charge is 0.464 e. The molecular weight excluding hydrogens is 218 g/mol. The predicted octanol–water partition coefficient (Wildman–Crippen LogP) is 1.57. The van der Waals surface area contributed by atoms with E-state index in [1.807, 2.05) is 0 Å². The SMILES string of the molecule is COC(=O)c1nc(CN)c(C)cc1C(F)F. The van der Waals surface area contributed by atoms with Crippen LogP contribution in [-0.2, 0) is 11.3 Å². The van der Waals surface area contributed by atoms with E-state index in [0.29, 0.717) is 11.3 Å². The van der Waals surface area contributed by atoms with E-state index in [4.69, 9.17) is 5.73 Å². The normalized spacial score (nSPS) is 10.6. The molecule has 2 N–H and O–H groups in total. The molecule has 16 heavy (non-hydrogen) atoms. The molecule has 0 spiro atoms. The van der Waals surface area contributed by atoms with E-state index in [9.17, 15) is 13.6 Å². The Bertz CT molecular complexity index is 408. The van der Waals surface area contributed by atoms with Crippen LogP contribution in [0.5, 0.6) is 0 Å². The van der Waals surface area contributed by atoms with Crippen LogP contribution < -0.4 is 5.73 Å². The van der Waals surface area contributed by atoms with Gasteiger partial charge in [-0.15, -0.1) is 0 Å². The van der Waals surface area contributed by atoms with Crippen LogP contribution in [0.4, 0.5) is 8.78 Å². The van der Waals surface area contributed by atoms with Crippen LogP contribution in [0.2, 0.25) is 0 Å². The maximum absolute atomic E-state index is 12.7. The number of carbonyl (C=O) groups excluding carboxylic acids is 1. The van der Waals surface area contributed by atoms with Crippen molar-refractivity contribution in [1.82, 2.24) is 4.98 Å². The summed E-state index contributed by atoms with van der Waals surface area (Å²) in [5.41, 5.74) is 5.52. The molecule has 1 rings (SSSR count). The Morgan fingerprint density at radius 2 is 2.25 bits per heavy atom. The minimum atomic E-state index is -2.77. The van der Waals surface area contributed by atoms with Gasteiger partial charge in [-0.2, -0.15) is 0 Å². The van der Waals surface area contributed by atoms with E-state index in [1.54, 1.807) is 6.92 Å². The molecule has 0 amide bonds. The van der Waals surface area contributed by atoms with Gasteiger partial charge in [-0.25, -0.2) is 18.6 Å². The van der Waals surface area contributed by atoms with E-state index in [1.165, 1.54) is 6.07 Å². The first kappa shape index (κ1) is 12.5. The van der Waals surface area contributed by atoms with Crippen LogP contribution >= 0.6 is 0 Å². The minimum absolute atomic E-state index is 0.0827. The third-order valence-corrected chi connectivity index (χ3v) is 2.15. The van der Waals surface area contributed by atoms with Gasteiger partial charge in [0.25, 0.3) is 6.43 Å². The van der Waals surface area contributed by atoms with Crippen LogP contribution in [0.15, 0.2) is 6.07 Å². The monoisotopic (exact) mass is 230 g/mol. The number of carbonyl (C=O) groups is 1. The van der Waals surface area contributed by atoms with Crippen molar-refractivity contribution in [3.63, 3.8) is 0 Å². The van der Waals surface area contributed by atoms with Crippen molar-refractivity contribution in [3.05, 3.63) is 28.6 Å². The third kappa shape index (κ3) is 2.33. The number of hydrogen-bond donors (Lipinski definition) is 1. The zero-order valence-electron chi connectivity index (χ0n) is 8.96. The highest BCUT2D eigenvalue weighted by Gasteiger charge is 2.22. The second-order valence-corrected chi connectivity index (χ2v) is 3.19. The maximum atomic E-state index is 12.7. The number of pyridine rings is 1. The lowest BCUT2D eigenvalue weighted by molar-refractivity contribution is 0.0581.